The smallest absolute Gasteiger partial charge is 0.236 e. The van der Waals surface area contributed by atoms with Gasteiger partial charge < -0.3 is 4.90 Å². The molecule has 3 nitrogen and oxygen atoms in total. The summed E-state index contributed by atoms with van der Waals surface area (Å²) in [6.45, 7) is 1.75. The molecule has 0 aromatic heterocycles. The van der Waals surface area contributed by atoms with Gasteiger partial charge in [-0.2, -0.15) is 0 Å². The molecule has 2 rings (SSSR count). The molecule has 0 N–H and O–H groups in total. The van der Waals surface area contributed by atoms with Gasteiger partial charge in [-0.3, -0.25) is 0 Å². The quantitative estimate of drug-likeness (QED) is 0.804. The lowest BCUT2D eigenvalue weighted by atomic mass is 10.1. The third-order valence-corrected chi connectivity index (χ3v) is 4.05. The predicted molar refractivity (Wildman–Crippen MR) is 70.9 cm³/mol. The molecule has 1 fully saturated rings. The van der Waals surface area contributed by atoms with Crippen molar-refractivity contribution in [1.29, 1.82) is 0 Å². The zero-order valence-electron chi connectivity index (χ0n) is 9.90. The Kier molecular flexibility index (Phi) is 4.12. The Balaban J connectivity index is 2.33. The molecule has 0 saturated carbocycles. The summed E-state index contributed by atoms with van der Waals surface area (Å²) in [5.74, 6) is -0.774. The maximum atomic E-state index is 13.2. The molecule has 0 amide bonds. The van der Waals surface area contributed by atoms with E-state index >= 15 is 0 Å². The van der Waals surface area contributed by atoms with E-state index in [-0.39, 0.29) is 5.75 Å². The minimum atomic E-state index is -3.68. The molecule has 0 unspecified atom stereocenters. The standard InChI is InChI=1S/C12H15ClFNO2S/c13-18(16,17)9-10-8-11(14)4-5-12(10)15-6-2-1-3-7-15/h4-5,8H,1-3,6-7,9H2. The van der Waals surface area contributed by atoms with Crippen molar-refractivity contribution < 1.29 is 12.8 Å². The van der Waals surface area contributed by atoms with Crippen molar-refractivity contribution in [2.24, 2.45) is 0 Å². The molecule has 1 aromatic carbocycles. The van der Waals surface area contributed by atoms with Gasteiger partial charge in [0.05, 0.1) is 5.75 Å². The van der Waals surface area contributed by atoms with Crippen molar-refractivity contribution in [3.8, 4) is 0 Å². The first-order valence-electron chi connectivity index (χ1n) is 5.91. The zero-order chi connectivity index (χ0) is 13.2. The van der Waals surface area contributed by atoms with E-state index in [1.165, 1.54) is 18.6 Å². The summed E-state index contributed by atoms with van der Waals surface area (Å²) in [4.78, 5) is 2.10. The van der Waals surface area contributed by atoms with E-state index in [0.717, 1.165) is 31.6 Å². The number of nitrogens with zero attached hydrogens (tertiary/aromatic N) is 1. The maximum Gasteiger partial charge on any atom is 0.236 e. The highest BCUT2D eigenvalue weighted by atomic mass is 35.7. The molecular formula is C12H15ClFNO2S. The SMILES string of the molecule is O=S(=O)(Cl)Cc1cc(F)ccc1N1CCCCC1. The van der Waals surface area contributed by atoms with Crippen LogP contribution in [0.3, 0.4) is 0 Å². The van der Waals surface area contributed by atoms with Crippen LogP contribution in [-0.2, 0) is 14.8 Å². The van der Waals surface area contributed by atoms with Gasteiger partial charge in [0.1, 0.15) is 5.82 Å². The van der Waals surface area contributed by atoms with Gasteiger partial charge in [0.25, 0.3) is 0 Å². The van der Waals surface area contributed by atoms with Crippen LogP contribution in [0.4, 0.5) is 10.1 Å². The first kappa shape index (κ1) is 13.6. The Labute approximate surface area is 111 Å². The van der Waals surface area contributed by atoms with Crippen LogP contribution < -0.4 is 4.90 Å². The lowest BCUT2D eigenvalue weighted by Crippen LogP contribution is -2.30. The molecule has 0 spiro atoms. The zero-order valence-corrected chi connectivity index (χ0v) is 11.5. The van der Waals surface area contributed by atoms with Crippen LogP contribution in [0.2, 0.25) is 0 Å². The summed E-state index contributed by atoms with van der Waals surface area (Å²) in [5.41, 5.74) is 1.22. The molecule has 1 aliphatic rings. The van der Waals surface area contributed by atoms with Gasteiger partial charge in [-0.25, -0.2) is 12.8 Å². The number of halogens is 2. The van der Waals surface area contributed by atoms with Crippen molar-refractivity contribution in [3.63, 3.8) is 0 Å². The molecule has 6 heteroatoms. The number of piperidine rings is 1. The summed E-state index contributed by atoms with van der Waals surface area (Å²) in [6.07, 6.45) is 3.33. The van der Waals surface area contributed by atoms with Gasteiger partial charge in [-0.1, -0.05) is 0 Å². The molecule has 0 radical (unpaired) electrons. The van der Waals surface area contributed by atoms with Crippen molar-refractivity contribution >= 4 is 25.4 Å². The second kappa shape index (κ2) is 5.45. The molecule has 1 aromatic rings. The van der Waals surface area contributed by atoms with E-state index in [0.29, 0.717) is 5.56 Å². The lowest BCUT2D eigenvalue weighted by Gasteiger charge is -2.30. The number of anilines is 1. The predicted octanol–water partition coefficient (Wildman–Crippen LogP) is 2.88. The van der Waals surface area contributed by atoms with E-state index in [9.17, 15) is 12.8 Å². The second-order valence-corrected chi connectivity index (χ2v) is 7.28. The number of rotatable bonds is 3. The topological polar surface area (TPSA) is 37.4 Å². The summed E-state index contributed by atoms with van der Waals surface area (Å²) in [5, 5.41) is 0. The van der Waals surface area contributed by atoms with Crippen LogP contribution in [0.15, 0.2) is 18.2 Å². The van der Waals surface area contributed by atoms with E-state index in [2.05, 4.69) is 4.90 Å². The van der Waals surface area contributed by atoms with E-state index in [1.807, 2.05) is 0 Å². The normalized spacial score (nSPS) is 16.9. The average Bonchev–Trinajstić information content (AvgIpc) is 2.28. The molecule has 1 heterocycles. The monoisotopic (exact) mass is 291 g/mol. The summed E-state index contributed by atoms with van der Waals surface area (Å²) in [6, 6.07) is 4.25. The highest BCUT2D eigenvalue weighted by Gasteiger charge is 2.18. The molecule has 100 valence electrons. The summed E-state index contributed by atoms with van der Waals surface area (Å²) >= 11 is 0. The van der Waals surface area contributed by atoms with Crippen LogP contribution in [0.5, 0.6) is 0 Å². The van der Waals surface area contributed by atoms with Crippen LogP contribution in [0, 0.1) is 5.82 Å². The Morgan fingerprint density at radius 3 is 2.50 bits per heavy atom. The Morgan fingerprint density at radius 1 is 1.22 bits per heavy atom. The van der Waals surface area contributed by atoms with Crippen molar-refractivity contribution in [3.05, 3.63) is 29.6 Å². The van der Waals surface area contributed by atoms with Crippen LogP contribution >= 0.6 is 10.7 Å². The molecule has 18 heavy (non-hydrogen) atoms. The third-order valence-electron chi connectivity index (χ3n) is 3.07. The van der Waals surface area contributed by atoms with E-state index in [1.54, 1.807) is 6.07 Å². The summed E-state index contributed by atoms with van der Waals surface area (Å²) < 4.78 is 35.6. The number of hydrogen-bond acceptors (Lipinski definition) is 3. The Hall–Kier alpha value is -0.810. The molecule has 0 bridgehead atoms. The van der Waals surface area contributed by atoms with Gasteiger partial charge in [-0.05, 0) is 43.0 Å². The van der Waals surface area contributed by atoms with Gasteiger partial charge in [-0.15, -0.1) is 0 Å². The van der Waals surface area contributed by atoms with Crippen molar-refractivity contribution in [2.45, 2.75) is 25.0 Å². The molecule has 1 aliphatic heterocycles. The largest absolute Gasteiger partial charge is 0.371 e. The van der Waals surface area contributed by atoms with E-state index in [4.69, 9.17) is 10.7 Å². The van der Waals surface area contributed by atoms with Crippen LogP contribution in [0.1, 0.15) is 24.8 Å². The summed E-state index contributed by atoms with van der Waals surface area (Å²) in [7, 11) is 1.59. The van der Waals surface area contributed by atoms with Gasteiger partial charge >= 0.3 is 0 Å². The average molecular weight is 292 g/mol. The van der Waals surface area contributed by atoms with Crippen molar-refractivity contribution in [1.82, 2.24) is 0 Å². The molecular weight excluding hydrogens is 277 g/mol. The lowest BCUT2D eigenvalue weighted by molar-refractivity contribution is 0.574. The fourth-order valence-corrected chi connectivity index (χ4v) is 3.25. The first-order valence-corrected chi connectivity index (χ1v) is 8.39. The van der Waals surface area contributed by atoms with Gasteiger partial charge in [0.15, 0.2) is 0 Å². The molecule has 0 aliphatic carbocycles. The van der Waals surface area contributed by atoms with Gasteiger partial charge in [0, 0.05) is 29.5 Å². The number of benzene rings is 1. The fraction of sp³-hybridized carbons (Fsp3) is 0.500. The Morgan fingerprint density at radius 2 is 1.89 bits per heavy atom. The maximum absolute atomic E-state index is 13.2. The van der Waals surface area contributed by atoms with Gasteiger partial charge in [0.2, 0.25) is 9.05 Å². The van der Waals surface area contributed by atoms with E-state index < -0.39 is 14.9 Å². The van der Waals surface area contributed by atoms with Crippen molar-refractivity contribution in [2.75, 3.05) is 18.0 Å². The fourth-order valence-electron chi connectivity index (χ4n) is 2.30. The highest BCUT2D eigenvalue weighted by molar-refractivity contribution is 8.13. The molecule has 1 saturated heterocycles. The number of hydrogen-bond donors (Lipinski definition) is 0. The van der Waals surface area contributed by atoms with Crippen LogP contribution in [0.25, 0.3) is 0 Å². The highest BCUT2D eigenvalue weighted by Crippen LogP contribution is 2.27. The van der Waals surface area contributed by atoms with Crippen LogP contribution in [-0.4, -0.2) is 21.5 Å². The minimum Gasteiger partial charge on any atom is -0.371 e. The Bertz CT molecular complexity index is 527. The first-order chi connectivity index (χ1) is 8.46. The second-order valence-electron chi connectivity index (χ2n) is 4.50. The minimum absolute atomic E-state index is 0.335. The third kappa shape index (κ3) is 3.59. The molecule has 0 atom stereocenters.